The van der Waals surface area contributed by atoms with E-state index in [-0.39, 0.29) is 0 Å². The lowest BCUT2D eigenvalue weighted by molar-refractivity contribution is 0.492. The van der Waals surface area contributed by atoms with Crippen LogP contribution in [0.4, 0.5) is 0 Å². The first kappa shape index (κ1) is 12.7. The summed E-state index contributed by atoms with van der Waals surface area (Å²) in [6, 6.07) is 4.04. The maximum absolute atomic E-state index is 2.33. The minimum atomic E-state index is 0.954. The molecule has 0 amide bonds. The monoisotopic (exact) mass is 198 g/mol. The molecule has 0 fully saturated rings. The molecule has 0 aliphatic carbocycles. The van der Waals surface area contributed by atoms with Crippen LogP contribution in [0.5, 0.6) is 0 Å². The van der Waals surface area contributed by atoms with Gasteiger partial charge in [-0.05, 0) is 16.7 Å². The van der Waals surface area contributed by atoms with Crippen LogP contribution in [0.2, 0.25) is 0 Å². The standard InChI is InChI=1S/C8H18.C4H4S/c1-4-6-7-8(3)5-2;1-2-4-5-3-1/h8H,4-7H2,1-3H3;1-4H. The second-order valence-corrected chi connectivity index (χ2v) is 4.27. The highest BCUT2D eigenvalue weighted by molar-refractivity contribution is 7.07. The van der Waals surface area contributed by atoms with E-state index in [0.717, 1.165) is 5.92 Å². The van der Waals surface area contributed by atoms with E-state index in [0.29, 0.717) is 0 Å². The van der Waals surface area contributed by atoms with Gasteiger partial charge in [-0.3, -0.25) is 0 Å². The van der Waals surface area contributed by atoms with Gasteiger partial charge in [-0.1, -0.05) is 58.6 Å². The minimum absolute atomic E-state index is 0.954. The summed E-state index contributed by atoms with van der Waals surface area (Å²) in [6.45, 7) is 6.85. The summed E-state index contributed by atoms with van der Waals surface area (Å²) >= 11 is 1.71. The van der Waals surface area contributed by atoms with Crippen molar-refractivity contribution in [3.05, 3.63) is 22.9 Å². The summed E-state index contributed by atoms with van der Waals surface area (Å²) in [5.41, 5.74) is 0. The molecule has 0 saturated heterocycles. The van der Waals surface area contributed by atoms with E-state index in [4.69, 9.17) is 0 Å². The third-order valence-electron chi connectivity index (χ3n) is 2.17. The SMILES string of the molecule is CCCCC(C)CC.c1ccsc1. The Hall–Kier alpha value is -0.300. The molecule has 1 unspecified atom stereocenters. The third-order valence-corrected chi connectivity index (χ3v) is 2.80. The minimum Gasteiger partial charge on any atom is -0.152 e. The number of hydrogen-bond donors (Lipinski definition) is 0. The second kappa shape index (κ2) is 9.79. The Bertz CT molecular complexity index is 138. The molecule has 1 heterocycles. The largest absolute Gasteiger partial charge is 0.152 e. The summed E-state index contributed by atoms with van der Waals surface area (Å²) in [4.78, 5) is 0. The van der Waals surface area contributed by atoms with Gasteiger partial charge in [-0.15, -0.1) is 0 Å². The van der Waals surface area contributed by atoms with Crippen molar-refractivity contribution in [2.75, 3.05) is 0 Å². The van der Waals surface area contributed by atoms with Gasteiger partial charge in [0.05, 0.1) is 0 Å². The highest BCUT2D eigenvalue weighted by Crippen LogP contribution is 2.09. The Labute approximate surface area is 87.0 Å². The van der Waals surface area contributed by atoms with Crippen LogP contribution in [0, 0.1) is 5.92 Å². The molecule has 1 atom stereocenters. The zero-order valence-corrected chi connectivity index (χ0v) is 9.94. The summed E-state index contributed by atoms with van der Waals surface area (Å²) in [5.74, 6) is 0.954. The molecule has 1 aromatic rings. The van der Waals surface area contributed by atoms with E-state index in [9.17, 15) is 0 Å². The van der Waals surface area contributed by atoms with Gasteiger partial charge in [0.25, 0.3) is 0 Å². The summed E-state index contributed by atoms with van der Waals surface area (Å²) in [7, 11) is 0. The van der Waals surface area contributed by atoms with E-state index < -0.39 is 0 Å². The number of unbranched alkanes of at least 4 members (excludes halogenated alkanes) is 1. The molecule has 0 spiro atoms. The molecule has 0 radical (unpaired) electrons. The highest BCUT2D eigenvalue weighted by Gasteiger charge is 1.94. The van der Waals surface area contributed by atoms with E-state index in [1.165, 1.54) is 25.7 Å². The van der Waals surface area contributed by atoms with E-state index in [1.807, 2.05) is 22.9 Å². The summed E-state index contributed by atoms with van der Waals surface area (Å²) in [5, 5.41) is 4.08. The fraction of sp³-hybridized carbons (Fsp3) is 0.667. The number of hydrogen-bond acceptors (Lipinski definition) is 1. The quantitative estimate of drug-likeness (QED) is 0.640. The van der Waals surface area contributed by atoms with Gasteiger partial charge in [0.15, 0.2) is 0 Å². The molecular weight excluding hydrogens is 176 g/mol. The first-order valence-electron chi connectivity index (χ1n) is 5.28. The Morgan fingerprint density at radius 1 is 1.15 bits per heavy atom. The molecule has 0 nitrogen and oxygen atoms in total. The lowest BCUT2D eigenvalue weighted by Crippen LogP contribution is -1.89. The van der Waals surface area contributed by atoms with Crippen LogP contribution in [0.3, 0.4) is 0 Å². The zero-order valence-electron chi connectivity index (χ0n) is 9.12. The van der Waals surface area contributed by atoms with Gasteiger partial charge in [-0.2, -0.15) is 11.3 Å². The van der Waals surface area contributed by atoms with Crippen LogP contribution in [0.25, 0.3) is 0 Å². The van der Waals surface area contributed by atoms with Crippen molar-refractivity contribution in [3.63, 3.8) is 0 Å². The first-order valence-corrected chi connectivity index (χ1v) is 6.22. The smallest absolute Gasteiger partial charge is 0.00934 e. The van der Waals surface area contributed by atoms with Gasteiger partial charge in [0.2, 0.25) is 0 Å². The fourth-order valence-corrected chi connectivity index (χ4v) is 1.44. The molecule has 13 heavy (non-hydrogen) atoms. The molecule has 1 rings (SSSR count). The van der Waals surface area contributed by atoms with Gasteiger partial charge in [-0.25, -0.2) is 0 Å². The predicted octanol–water partition coefficient (Wildman–Crippen LogP) is 4.97. The summed E-state index contributed by atoms with van der Waals surface area (Å²) in [6.07, 6.45) is 5.53. The van der Waals surface area contributed by atoms with E-state index >= 15 is 0 Å². The molecule has 1 heteroatoms. The molecule has 0 aliphatic heterocycles. The van der Waals surface area contributed by atoms with Crippen molar-refractivity contribution in [1.82, 2.24) is 0 Å². The first-order chi connectivity index (χ1) is 6.31. The molecule has 0 aliphatic rings. The maximum Gasteiger partial charge on any atom is -0.00934 e. The number of thiophene rings is 1. The molecule has 76 valence electrons. The average molecular weight is 198 g/mol. The summed E-state index contributed by atoms with van der Waals surface area (Å²) < 4.78 is 0. The topological polar surface area (TPSA) is 0 Å². The Morgan fingerprint density at radius 3 is 2.08 bits per heavy atom. The lowest BCUT2D eigenvalue weighted by atomic mass is 10.0. The fourth-order valence-electron chi connectivity index (χ4n) is 0.984. The van der Waals surface area contributed by atoms with Gasteiger partial charge in [0, 0.05) is 0 Å². The van der Waals surface area contributed by atoms with Crippen molar-refractivity contribution < 1.29 is 0 Å². The van der Waals surface area contributed by atoms with E-state index in [2.05, 4.69) is 20.8 Å². The number of rotatable bonds is 4. The maximum atomic E-state index is 2.33. The lowest BCUT2D eigenvalue weighted by Gasteiger charge is -2.04. The van der Waals surface area contributed by atoms with Crippen LogP contribution in [-0.2, 0) is 0 Å². The predicted molar refractivity (Wildman–Crippen MR) is 63.3 cm³/mol. The Balaban J connectivity index is 0.000000243. The van der Waals surface area contributed by atoms with Crippen molar-refractivity contribution in [3.8, 4) is 0 Å². The molecular formula is C12H22S. The highest BCUT2D eigenvalue weighted by atomic mass is 32.1. The van der Waals surface area contributed by atoms with Crippen molar-refractivity contribution >= 4 is 11.3 Å². The normalized spacial score (nSPS) is 11.6. The molecule has 0 bridgehead atoms. The Morgan fingerprint density at radius 2 is 1.77 bits per heavy atom. The van der Waals surface area contributed by atoms with Crippen LogP contribution in [0.1, 0.15) is 46.5 Å². The van der Waals surface area contributed by atoms with Crippen molar-refractivity contribution in [1.29, 1.82) is 0 Å². The molecule has 0 aromatic carbocycles. The van der Waals surface area contributed by atoms with Crippen LogP contribution in [-0.4, -0.2) is 0 Å². The Kier molecular flexibility index (Phi) is 9.56. The second-order valence-electron chi connectivity index (χ2n) is 3.45. The van der Waals surface area contributed by atoms with E-state index in [1.54, 1.807) is 11.3 Å². The van der Waals surface area contributed by atoms with Crippen LogP contribution >= 0.6 is 11.3 Å². The molecule has 1 aromatic heterocycles. The third kappa shape index (κ3) is 9.62. The van der Waals surface area contributed by atoms with Crippen molar-refractivity contribution in [2.24, 2.45) is 5.92 Å². The van der Waals surface area contributed by atoms with Gasteiger partial charge < -0.3 is 0 Å². The average Bonchev–Trinajstić information content (AvgIpc) is 2.72. The van der Waals surface area contributed by atoms with Gasteiger partial charge in [0.1, 0.15) is 0 Å². The molecule has 0 N–H and O–H groups in total. The molecule has 0 saturated carbocycles. The van der Waals surface area contributed by atoms with Crippen molar-refractivity contribution in [2.45, 2.75) is 46.5 Å². The van der Waals surface area contributed by atoms with Crippen LogP contribution in [0.15, 0.2) is 22.9 Å². The van der Waals surface area contributed by atoms with Gasteiger partial charge >= 0.3 is 0 Å². The van der Waals surface area contributed by atoms with Crippen LogP contribution < -0.4 is 0 Å². The zero-order chi connectivity index (χ0) is 9.94.